The van der Waals surface area contributed by atoms with Crippen LogP contribution in [0.15, 0.2) is 39.9 Å². The van der Waals surface area contributed by atoms with Crippen molar-refractivity contribution < 1.29 is 22.8 Å². The fourth-order valence-electron chi connectivity index (χ4n) is 3.10. The Morgan fingerprint density at radius 2 is 1.82 bits per heavy atom. The van der Waals surface area contributed by atoms with Crippen molar-refractivity contribution >= 4 is 17.6 Å². The minimum atomic E-state index is -5.34. The molecule has 0 unspecified atom stereocenters. The van der Waals surface area contributed by atoms with Gasteiger partial charge in [-0.05, 0) is 18.6 Å². The zero-order chi connectivity index (χ0) is 20.7. The molecule has 1 aliphatic rings. The molecule has 0 radical (unpaired) electrons. The fraction of sp³-hybridized carbons (Fsp3) is 0.294. The van der Waals surface area contributed by atoms with Gasteiger partial charge >= 0.3 is 11.9 Å². The van der Waals surface area contributed by atoms with Crippen LogP contribution in [0.25, 0.3) is 5.69 Å². The fourth-order valence-corrected chi connectivity index (χ4v) is 3.10. The van der Waals surface area contributed by atoms with E-state index in [0.29, 0.717) is 0 Å². The van der Waals surface area contributed by atoms with Crippen molar-refractivity contribution in [1.82, 2.24) is 14.9 Å². The maximum atomic E-state index is 14.0. The van der Waals surface area contributed by atoms with E-state index >= 15 is 0 Å². The number of carbonyl (C=O) groups excluding carboxylic acids is 2. The summed E-state index contributed by atoms with van der Waals surface area (Å²) in [7, 11) is 0. The number of amides is 2. The Morgan fingerprint density at radius 1 is 1.18 bits per heavy atom. The topological polar surface area (TPSA) is 113 Å². The maximum Gasteiger partial charge on any atom is 0.425 e. The zero-order valence-corrected chi connectivity index (χ0v) is 14.5. The predicted molar refractivity (Wildman–Crippen MR) is 92.1 cm³/mol. The highest BCUT2D eigenvalue weighted by Crippen LogP contribution is 2.45. The summed E-state index contributed by atoms with van der Waals surface area (Å²) in [6, 6.07) is 7.49. The normalized spacial score (nSPS) is 18.5. The Morgan fingerprint density at radius 3 is 2.39 bits per heavy atom. The van der Waals surface area contributed by atoms with Crippen molar-refractivity contribution in [3.8, 4) is 5.69 Å². The molecule has 2 heterocycles. The molecule has 11 heteroatoms. The number of anilines is 1. The van der Waals surface area contributed by atoms with Crippen LogP contribution in [0.1, 0.15) is 25.3 Å². The molecule has 0 spiro atoms. The first-order valence-corrected chi connectivity index (χ1v) is 8.28. The van der Waals surface area contributed by atoms with E-state index in [1.54, 1.807) is 23.3 Å². The van der Waals surface area contributed by atoms with Crippen LogP contribution in [-0.4, -0.2) is 27.5 Å². The quantitative estimate of drug-likeness (QED) is 0.720. The summed E-state index contributed by atoms with van der Waals surface area (Å²) in [5, 5.41) is 3.63. The molecule has 0 saturated heterocycles. The van der Waals surface area contributed by atoms with Crippen molar-refractivity contribution in [2.24, 2.45) is 0 Å². The van der Waals surface area contributed by atoms with Gasteiger partial charge in [0.2, 0.25) is 11.4 Å². The second-order valence-electron chi connectivity index (χ2n) is 6.15. The van der Waals surface area contributed by atoms with E-state index in [0.717, 1.165) is 4.57 Å². The first-order chi connectivity index (χ1) is 13.1. The number of para-hydroxylation sites is 1. The lowest BCUT2D eigenvalue weighted by Crippen LogP contribution is -2.62. The molecule has 28 heavy (non-hydrogen) atoms. The van der Waals surface area contributed by atoms with Crippen LogP contribution >= 0.6 is 0 Å². The molecule has 1 aromatic heterocycles. The van der Waals surface area contributed by atoms with Gasteiger partial charge in [-0.25, -0.2) is 9.36 Å². The van der Waals surface area contributed by atoms with E-state index in [-0.39, 0.29) is 18.5 Å². The van der Waals surface area contributed by atoms with E-state index in [4.69, 9.17) is 0 Å². The predicted octanol–water partition coefficient (Wildman–Crippen LogP) is 1.15. The van der Waals surface area contributed by atoms with Gasteiger partial charge in [0.25, 0.3) is 11.5 Å². The van der Waals surface area contributed by atoms with E-state index in [1.165, 1.54) is 24.3 Å². The number of carbonyl (C=O) groups is 2. The van der Waals surface area contributed by atoms with Crippen LogP contribution in [0.2, 0.25) is 0 Å². The molecule has 0 aliphatic carbocycles. The standard InChI is InChI=1S/C17H15F3N4O4/c1-2-6-10(25)23-16(17(18,19)20)11-12(21-14(16)27)24(15(28)22-13(11)26)9-7-4-3-5-8-9/h3-5,7-8H,2,6H2,1H3,(H,21,27)(H,23,25)(H,22,26,28)/t16-/m1/s1. The summed E-state index contributed by atoms with van der Waals surface area (Å²) < 4.78 is 42.9. The summed E-state index contributed by atoms with van der Waals surface area (Å²) in [5.41, 5.74) is -7.02. The number of nitrogens with one attached hydrogen (secondary N) is 3. The number of aromatic nitrogens is 2. The van der Waals surface area contributed by atoms with Crippen LogP contribution in [0.4, 0.5) is 19.0 Å². The van der Waals surface area contributed by atoms with Gasteiger partial charge in [-0.1, -0.05) is 25.1 Å². The lowest BCUT2D eigenvalue weighted by atomic mass is 9.91. The Balaban J connectivity index is 2.35. The minimum Gasteiger partial charge on any atom is -0.330 e. The number of hydrogen-bond donors (Lipinski definition) is 3. The van der Waals surface area contributed by atoms with Crippen molar-refractivity contribution in [3.63, 3.8) is 0 Å². The Kier molecular flexibility index (Phi) is 4.61. The summed E-state index contributed by atoms with van der Waals surface area (Å²) in [5.74, 6) is -3.36. The Bertz CT molecular complexity index is 1060. The van der Waals surface area contributed by atoms with Crippen LogP contribution < -0.4 is 21.9 Å². The van der Waals surface area contributed by atoms with Gasteiger partial charge in [0.1, 0.15) is 11.4 Å². The molecule has 8 nitrogen and oxygen atoms in total. The molecule has 1 aromatic carbocycles. The van der Waals surface area contributed by atoms with Crippen molar-refractivity contribution in [2.45, 2.75) is 31.5 Å². The van der Waals surface area contributed by atoms with Crippen molar-refractivity contribution in [3.05, 3.63) is 56.7 Å². The largest absolute Gasteiger partial charge is 0.425 e. The molecule has 3 N–H and O–H groups in total. The summed E-state index contributed by atoms with van der Waals surface area (Å²) in [6.45, 7) is 1.57. The molecule has 3 rings (SSSR count). The number of aromatic amines is 1. The van der Waals surface area contributed by atoms with E-state index in [1.807, 2.05) is 5.32 Å². The molecule has 0 fully saturated rings. The number of H-pyrrole nitrogens is 1. The van der Waals surface area contributed by atoms with Gasteiger partial charge in [-0.2, -0.15) is 13.2 Å². The number of hydrogen-bond acceptors (Lipinski definition) is 4. The monoisotopic (exact) mass is 396 g/mol. The average Bonchev–Trinajstić information content (AvgIpc) is 2.89. The molecule has 0 bridgehead atoms. The SMILES string of the molecule is CCCC(=O)N[C@@]1(C(F)(F)F)C(=O)Nc2c1c(=O)[nH]c(=O)n2-c1ccccc1. The molecule has 148 valence electrons. The summed E-state index contributed by atoms with van der Waals surface area (Å²) in [4.78, 5) is 50.9. The lowest BCUT2D eigenvalue weighted by molar-refractivity contribution is -0.200. The van der Waals surface area contributed by atoms with Gasteiger partial charge in [-0.3, -0.25) is 19.4 Å². The second-order valence-corrected chi connectivity index (χ2v) is 6.15. The third-order valence-corrected chi connectivity index (χ3v) is 4.30. The third-order valence-electron chi connectivity index (χ3n) is 4.30. The molecule has 1 atom stereocenters. The minimum absolute atomic E-state index is 0.123. The molecule has 2 amide bonds. The molecular weight excluding hydrogens is 381 g/mol. The Labute approximate surface area is 155 Å². The van der Waals surface area contributed by atoms with Crippen molar-refractivity contribution in [2.75, 3.05) is 5.32 Å². The lowest BCUT2D eigenvalue weighted by Gasteiger charge is -2.30. The molecular formula is C17H15F3N4O4. The summed E-state index contributed by atoms with van der Waals surface area (Å²) >= 11 is 0. The van der Waals surface area contributed by atoms with Gasteiger partial charge in [0, 0.05) is 6.42 Å². The Hall–Kier alpha value is -3.37. The number of benzene rings is 1. The smallest absolute Gasteiger partial charge is 0.330 e. The van der Waals surface area contributed by atoms with E-state index < -0.39 is 46.2 Å². The van der Waals surface area contributed by atoms with E-state index in [9.17, 15) is 32.3 Å². The highest BCUT2D eigenvalue weighted by atomic mass is 19.4. The number of fused-ring (bicyclic) bond motifs is 1. The number of rotatable bonds is 4. The van der Waals surface area contributed by atoms with Gasteiger partial charge < -0.3 is 10.6 Å². The van der Waals surface area contributed by atoms with Gasteiger partial charge in [0.15, 0.2) is 0 Å². The molecule has 2 aromatic rings. The summed E-state index contributed by atoms with van der Waals surface area (Å²) in [6.07, 6.45) is -5.39. The maximum absolute atomic E-state index is 14.0. The number of alkyl halides is 3. The van der Waals surface area contributed by atoms with Crippen LogP contribution in [0.5, 0.6) is 0 Å². The van der Waals surface area contributed by atoms with Crippen LogP contribution in [-0.2, 0) is 15.1 Å². The highest BCUT2D eigenvalue weighted by molar-refractivity contribution is 6.07. The van der Waals surface area contributed by atoms with Gasteiger partial charge in [0.05, 0.1) is 5.69 Å². The van der Waals surface area contributed by atoms with Crippen molar-refractivity contribution in [1.29, 1.82) is 0 Å². The molecule has 0 saturated carbocycles. The van der Waals surface area contributed by atoms with Crippen LogP contribution in [0, 0.1) is 0 Å². The zero-order valence-electron chi connectivity index (χ0n) is 14.5. The molecule has 1 aliphatic heterocycles. The number of nitrogens with zero attached hydrogens (tertiary/aromatic N) is 1. The first kappa shape index (κ1) is 19.4. The van der Waals surface area contributed by atoms with Gasteiger partial charge in [-0.15, -0.1) is 0 Å². The van der Waals surface area contributed by atoms with E-state index in [2.05, 4.69) is 0 Å². The second kappa shape index (κ2) is 6.66. The third kappa shape index (κ3) is 2.79. The van der Waals surface area contributed by atoms with Crippen LogP contribution in [0.3, 0.4) is 0 Å². The first-order valence-electron chi connectivity index (χ1n) is 8.28. The number of halogens is 3. The highest BCUT2D eigenvalue weighted by Gasteiger charge is 2.68. The average molecular weight is 396 g/mol.